The van der Waals surface area contributed by atoms with Gasteiger partial charge in [0.25, 0.3) is 0 Å². The van der Waals surface area contributed by atoms with Gasteiger partial charge in [0.05, 0.1) is 4.92 Å². The molecule has 1 aromatic heterocycles. The van der Waals surface area contributed by atoms with Crippen molar-refractivity contribution in [3.05, 3.63) is 57.9 Å². The molecular formula is C11H9N3O2. The number of benzene rings is 1. The second-order valence-corrected chi connectivity index (χ2v) is 3.17. The zero-order chi connectivity index (χ0) is 11.4. The van der Waals surface area contributed by atoms with Crippen molar-refractivity contribution in [1.82, 2.24) is 10.2 Å². The lowest BCUT2D eigenvalue weighted by Crippen LogP contribution is -1.87. The number of aromatic nitrogens is 2. The SMILES string of the molecule is O=[N+]([O-])c1cn[nH]c1C=Cc1ccccc1. The Labute approximate surface area is 91.6 Å². The smallest absolute Gasteiger partial charge is 0.271 e. The van der Waals surface area contributed by atoms with E-state index >= 15 is 0 Å². The predicted molar refractivity (Wildman–Crippen MR) is 60.6 cm³/mol. The first kappa shape index (κ1) is 10.1. The molecule has 0 radical (unpaired) electrons. The van der Waals surface area contributed by atoms with Crippen molar-refractivity contribution in [3.8, 4) is 0 Å². The lowest BCUT2D eigenvalue weighted by molar-refractivity contribution is -0.385. The maximum Gasteiger partial charge on any atom is 0.314 e. The summed E-state index contributed by atoms with van der Waals surface area (Å²) >= 11 is 0. The van der Waals surface area contributed by atoms with E-state index in [1.807, 2.05) is 30.3 Å². The van der Waals surface area contributed by atoms with E-state index in [0.29, 0.717) is 5.69 Å². The topological polar surface area (TPSA) is 71.8 Å². The molecule has 2 aromatic rings. The molecule has 0 fully saturated rings. The van der Waals surface area contributed by atoms with Gasteiger partial charge in [0.1, 0.15) is 11.9 Å². The van der Waals surface area contributed by atoms with Crippen LogP contribution in [0.4, 0.5) is 5.69 Å². The van der Waals surface area contributed by atoms with Crippen LogP contribution in [0.3, 0.4) is 0 Å². The first-order valence-corrected chi connectivity index (χ1v) is 4.68. The Kier molecular flexibility index (Phi) is 2.77. The van der Waals surface area contributed by atoms with E-state index in [0.717, 1.165) is 5.56 Å². The van der Waals surface area contributed by atoms with Crippen LogP contribution < -0.4 is 0 Å². The molecule has 0 aliphatic rings. The minimum absolute atomic E-state index is 0.0211. The number of aromatic amines is 1. The first-order chi connectivity index (χ1) is 7.77. The van der Waals surface area contributed by atoms with Gasteiger partial charge in [-0.05, 0) is 11.6 Å². The Morgan fingerprint density at radius 2 is 2.00 bits per heavy atom. The second kappa shape index (κ2) is 4.39. The molecule has 0 aliphatic carbocycles. The molecule has 1 heterocycles. The highest BCUT2D eigenvalue weighted by molar-refractivity contribution is 5.71. The molecule has 0 saturated heterocycles. The lowest BCUT2D eigenvalue weighted by Gasteiger charge is -1.91. The van der Waals surface area contributed by atoms with Gasteiger partial charge in [-0.3, -0.25) is 15.2 Å². The zero-order valence-electron chi connectivity index (χ0n) is 8.33. The fourth-order valence-electron chi connectivity index (χ4n) is 1.30. The maximum absolute atomic E-state index is 10.6. The minimum Gasteiger partial charge on any atom is -0.271 e. The van der Waals surface area contributed by atoms with Gasteiger partial charge in [-0.25, -0.2) is 0 Å². The van der Waals surface area contributed by atoms with Gasteiger partial charge >= 0.3 is 5.69 Å². The molecule has 5 heteroatoms. The molecule has 1 N–H and O–H groups in total. The summed E-state index contributed by atoms with van der Waals surface area (Å²) in [6, 6.07) is 9.55. The summed E-state index contributed by atoms with van der Waals surface area (Å²) in [6.07, 6.45) is 4.63. The fourth-order valence-corrected chi connectivity index (χ4v) is 1.30. The van der Waals surface area contributed by atoms with Crippen molar-refractivity contribution in [2.45, 2.75) is 0 Å². The highest BCUT2D eigenvalue weighted by atomic mass is 16.6. The van der Waals surface area contributed by atoms with Crippen LogP contribution in [0.1, 0.15) is 11.3 Å². The van der Waals surface area contributed by atoms with Crippen LogP contribution in [0.5, 0.6) is 0 Å². The number of nitro groups is 1. The molecule has 80 valence electrons. The first-order valence-electron chi connectivity index (χ1n) is 4.68. The largest absolute Gasteiger partial charge is 0.314 e. The molecule has 5 nitrogen and oxygen atoms in total. The minimum atomic E-state index is -0.464. The van der Waals surface area contributed by atoms with Crippen LogP contribution in [0.25, 0.3) is 12.2 Å². The number of H-pyrrole nitrogens is 1. The van der Waals surface area contributed by atoms with Crippen molar-refractivity contribution in [3.63, 3.8) is 0 Å². The fraction of sp³-hybridized carbons (Fsp3) is 0. The third kappa shape index (κ3) is 2.14. The molecule has 0 amide bonds. The van der Waals surface area contributed by atoms with Crippen LogP contribution in [0, 0.1) is 10.1 Å². The average Bonchev–Trinajstić information content (AvgIpc) is 2.76. The summed E-state index contributed by atoms with van der Waals surface area (Å²) in [5, 5.41) is 16.8. The van der Waals surface area contributed by atoms with Gasteiger partial charge in [-0.1, -0.05) is 36.4 Å². The van der Waals surface area contributed by atoms with Crippen LogP contribution in [0.15, 0.2) is 36.5 Å². The van der Waals surface area contributed by atoms with E-state index in [1.54, 1.807) is 12.2 Å². The van der Waals surface area contributed by atoms with E-state index in [4.69, 9.17) is 0 Å². The predicted octanol–water partition coefficient (Wildman–Crippen LogP) is 2.49. The quantitative estimate of drug-likeness (QED) is 0.631. The standard InChI is InChI=1S/C11H9N3O2/c15-14(16)11-8-12-13-10(11)7-6-9-4-2-1-3-5-9/h1-8H,(H,12,13). The summed E-state index contributed by atoms with van der Waals surface area (Å²) < 4.78 is 0. The highest BCUT2D eigenvalue weighted by Gasteiger charge is 2.12. The van der Waals surface area contributed by atoms with E-state index in [-0.39, 0.29) is 5.69 Å². The van der Waals surface area contributed by atoms with E-state index in [1.165, 1.54) is 6.20 Å². The highest BCUT2D eigenvalue weighted by Crippen LogP contribution is 2.17. The molecule has 0 unspecified atom stereocenters. The summed E-state index contributed by atoms with van der Waals surface area (Å²) in [4.78, 5) is 10.1. The summed E-state index contributed by atoms with van der Waals surface area (Å²) in [5.41, 5.74) is 1.35. The van der Waals surface area contributed by atoms with Gasteiger partial charge < -0.3 is 0 Å². The number of nitrogens with one attached hydrogen (secondary N) is 1. The molecule has 0 bridgehead atoms. The van der Waals surface area contributed by atoms with Crippen LogP contribution in [-0.4, -0.2) is 15.1 Å². The molecule has 2 rings (SSSR count). The Hall–Kier alpha value is -2.43. The lowest BCUT2D eigenvalue weighted by atomic mass is 10.2. The average molecular weight is 215 g/mol. The van der Waals surface area contributed by atoms with Crippen molar-refractivity contribution in [2.75, 3.05) is 0 Å². The van der Waals surface area contributed by atoms with Crippen LogP contribution >= 0.6 is 0 Å². The summed E-state index contributed by atoms with van der Waals surface area (Å²) in [6.45, 7) is 0. The summed E-state index contributed by atoms with van der Waals surface area (Å²) in [5.74, 6) is 0. The van der Waals surface area contributed by atoms with Gasteiger partial charge in [-0.15, -0.1) is 0 Å². The molecule has 1 aromatic carbocycles. The van der Waals surface area contributed by atoms with Crippen molar-refractivity contribution >= 4 is 17.8 Å². The van der Waals surface area contributed by atoms with Crippen molar-refractivity contribution in [1.29, 1.82) is 0 Å². The van der Waals surface area contributed by atoms with Crippen molar-refractivity contribution < 1.29 is 4.92 Å². The third-order valence-corrected chi connectivity index (χ3v) is 2.09. The monoisotopic (exact) mass is 215 g/mol. The Morgan fingerprint density at radius 1 is 1.25 bits per heavy atom. The molecule has 16 heavy (non-hydrogen) atoms. The Bertz CT molecular complexity index is 517. The number of rotatable bonds is 3. The second-order valence-electron chi connectivity index (χ2n) is 3.17. The van der Waals surface area contributed by atoms with Gasteiger partial charge in [-0.2, -0.15) is 5.10 Å². The normalized spacial score (nSPS) is 10.8. The zero-order valence-corrected chi connectivity index (χ0v) is 8.33. The van der Waals surface area contributed by atoms with Gasteiger partial charge in [0, 0.05) is 0 Å². The molecule has 0 saturated carbocycles. The van der Waals surface area contributed by atoms with E-state index < -0.39 is 4.92 Å². The van der Waals surface area contributed by atoms with Crippen LogP contribution in [0.2, 0.25) is 0 Å². The van der Waals surface area contributed by atoms with Crippen LogP contribution in [-0.2, 0) is 0 Å². The Morgan fingerprint density at radius 3 is 2.69 bits per heavy atom. The molecule has 0 spiro atoms. The maximum atomic E-state index is 10.6. The molecular weight excluding hydrogens is 206 g/mol. The molecule has 0 aliphatic heterocycles. The number of hydrogen-bond acceptors (Lipinski definition) is 3. The molecule has 0 atom stereocenters. The third-order valence-electron chi connectivity index (χ3n) is 2.09. The number of hydrogen-bond donors (Lipinski definition) is 1. The van der Waals surface area contributed by atoms with Gasteiger partial charge in [0.2, 0.25) is 0 Å². The Balaban J connectivity index is 2.24. The van der Waals surface area contributed by atoms with Crippen molar-refractivity contribution in [2.24, 2.45) is 0 Å². The van der Waals surface area contributed by atoms with E-state index in [2.05, 4.69) is 10.2 Å². The van der Waals surface area contributed by atoms with Gasteiger partial charge in [0.15, 0.2) is 0 Å². The number of nitrogens with zero attached hydrogens (tertiary/aromatic N) is 2. The summed E-state index contributed by atoms with van der Waals surface area (Å²) in [7, 11) is 0. The van der Waals surface area contributed by atoms with E-state index in [9.17, 15) is 10.1 Å².